The molecule has 0 bridgehead atoms. The Bertz CT molecular complexity index is 1620. The molecule has 172 valence electrons. The molecule has 0 aliphatic carbocycles. The molecule has 0 spiro atoms. The Morgan fingerprint density at radius 1 is 0.941 bits per heavy atom. The SMILES string of the molecule is O=c1c2ccccc2n2c(=S)sc(-c3cccc(C(F)(F)F)c3)c2n1CCOc1ccccc1. The lowest BCUT2D eigenvalue weighted by Crippen LogP contribution is -2.25. The van der Waals surface area contributed by atoms with Crippen LogP contribution in [0.2, 0.25) is 0 Å². The zero-order chi connectivity index (χ0) is 23.9. The minimum Gasteiger partial charge on any atom is -0.492 e. The summed E-state index contributed by atoms with van der Waals surface area (Å²) in [6.45, 7) is 0.391. The summed E-state index contributed by atoms with van der Waals surface area (Å²) in [7, 11) is 0. The summed E-state index contributed by atoms with van der Waals surface area (Å²) in [6.07, 6.45) is -4.48. The van der Waals surface area contributed by atoms with Crippen molar-refractivity contribution in [1.82, 2.24) is 8.97 Å². The number of alkyl halides is 3. The Morgan fingerprint density at radius 2 is 1.68 bits per heavy atom. The van der Waals surface area contributed by atoms with Crippen LogP contribution in [-0.2, 0) is 12.7 Å². The second-order valence-electron chi connectivity index (χ2n) is 7.57. The monoisotopic (exact) mass is 498 g/mol. The average molecular weight is 499 g/mol. The number of hydrogen-bond donors (Lipinski definition) is 0. The largest absolute Gasteiger partial charge is 0.492 e. The maximum absolute atomic E-state index is 13.5. The third kappa shape index (κ3) is 4.01. The second-order valence-corrected chi connectivity index (χ2v) is 9.21. The first-order valence-corrected chi connectivity index (χ1v) is 11.6. The van der Waals surface area contributed by atoms with Crippen LogP contribution < -0.4 is 10.3 Å². The number of aromatic nitrogens is 2. The predicted octanol–water partition coefficient (Wildman–Crippen LogP) is 6.81. The highest BCUT2D eigenvalue weighted by Gasteiger charge is 2.31. The van der Waals surface area contributed by atoms with Crippen LogP contribution in [0.15, 0.2) is 83.7 Å². The molecular weight excluding hydrogens is 481 g/mol. The molecule has 0 aliphatic rings. The molecule has 0 N–H and O–H groups in total. The summed E-state index contributed by atoms with van der Waals surface area (Å²) in [5.41, 5.74) is 0.399. The fourth-order valence-corrected chi connectivity index (χ4v) is 5.34. The highest BCUT2D eigenvalue weighted by molar-refractivity contribution is 7.73. The standard InChI is InChI=1S/C25H17F3N2O2S2/c26-25(27,28)17-8-6-7-16(15-17)21-22-29(13-14-32-18-9-2-1-3-10-18)23(31)19-11-4-5-12-20(19)30(22)24(33)34-21/h1-12,15H,13-14H2. The van der Waals surface area contributed by atoms with Crippen LogP contribution in [0.1, 0.15) is 5.56 Å². The van der Waals surface area contributed by atoms with E-state index in [0.717, 1.165) is 12.1 Å². The van der Waals surface area contributed by atoms with Gasteiger partial charge in [-0.05, 0) is 54.2 Å². The lowest BCUT2D eigenvalue weighted by atomic mass is 10.1. The second kappa shape index (κ2) is 8.73. The van der Waals surface area contributed by atoms with Gasteiger partial charge in [0.25, 0.3) is 5.56 Å². The van der Waals surface area contributed by atoms with Crippen molar-refractivity contribution in [2.45, 2.75) is 12.7 Å². The van der Waals surface area contributed by atoms with E-state index in [0.29, 0.717) is 36.7 Å². The summed E-state index contributed by atoms with van der Waals surface area (Å²) in [5.74, 6) is 0.660. The van der Waals surface area contributed by atoms with E-state index in [-0.39, 0.29) is 18.7 Å². The van der Waals surface area contributed by atoms with Crippen LogP contribution in [0.5, 0.6) is 5.75 Å². The summed E-state index contributed by atoms with van der Waals surface area (Å²) >= 11 is 6.79. The molecule has 5 rings (SSSR count). The van der Waals surface area contributed by atoms with Gasteiger partial charge in [-0.15, -0.1) is 11.3 Å². The highest BCUT2D eigenvalue weighted by Crippen LogP contribution is 2.37. The molecule has 4 nitrogen and oxygen atoms in total. The molecule has 2 aromatic heterocycles. The fraction of sp³-hybridized carbons (Fsp3) is 0.120. The smallest absolute Gasteiger partial charge is 0.416 e. The number of fused-ring (bicyclic) bond motifs is 3. The first-order chi connectivity index (χ1) is 16.3. The molecule has 0 atom stereocenters. The maximum atomic E-state index is 13.5. The summed E-state index contributed by atoms with van der Waals surface area (Å²) in [6, 6.07) is 21.3. The zero-order valence-corrected chi connectivity index (χ0v) is 19.2. The van der Waals surface area contributed by atoms with Gasteiger partial charge < -0.3 is 4.74 Å². The van der Waals surface area contributed by atoms with Crippen LogP contribution >= 0.6 is 23.6 Å². The van der Waals surface area contributed by atoms with Crippen molar-refractivity contribution in [2.75, 3.05) is 6.61 Å². The average Bonchev–Trinajstić information content (AvgIpc) is 3.18. The van der Waals surface area contributed by atoms with E-state index in [4.69, 9.17) is 17.0 Å². The van der Waals surface area contributed by atoms with E-state index in [2.05, 4.69) is 0 Å². The summed E-state index contributed by atoms with van der Waals surface area (Å²) < 4.78 is 49.7. The van der Waals surface area contributed by atoms with Crippen LogP contribution in [0.3, 0.4) is 0 Å². The van der Waals surface area contributed by atoms with Gasteiger partial charge in [-0.3, -0.25) is 13.8 Å². The molecule has 3 aromatic carbocycles. The fourth-order valence-electron chi connectivity index (χ4n) is 3.92. The van der Waals surface area contributed by atoms with E-state index in [1.165, 1.54) is 22.0 Å². The van der Waals surface area contributed by atoms with Gasteiger partial charge in [0.1, 0.15) is 18.0 Å². The number of rotatable bonds is 5. The normalized spacial score (nSPS) is 11.9. The van der Waals surface area contributed by atoms with Gasteiger partial charge >= 0.3 is 6.18 Å². The third-order valence-electron chi connectivity index (χ3n) is 5.44. The number of nitrogens with zero attached hydrogens (tertiary/aromatic N) is 2. The molecule has 0 amide bonds. The van der Waals surface area contributed by atoms with E-state index in [1.54, 1.807) is 34.7 Å². The Morgan fingerprint density at radius 3 is 2.44 bits per heavy atom. The molecule has 0 saturated heterocycles. The van der Waals surface area contributed by atoms with E-state index in [1.807, 2.05) is 30.3 Å². The van der Waals surface area contributed by atoms with Crippen molar-refractivity contribution in [2.24, 2.45) is 0 Å². The lowest BCUT2D eigenvalue weighted by molar-refractivity contribution is -0.137. The third-order valence-corrected chi connectivity index (χ3v) is 6.85. The van der Waals surface area contributed by atoms with E-state index < -0.39 is 11.7 Å². The van der Waals surface area contributed by atoms with Crippen LogP contribution in [0.4, 0.5) is 13.2 Å². The molecule has 0 aliphatic heterocycles. The molecule has 0 fully saturated rings. The highest BCUT2D eigenvalue weighted by atomic mass is 32.1. The van der Waals surface area contributed by atoms with Crippen LogP contribution in [-0.4, -0.2) is 15.6 Å². The van der Waals surface area contributed by atoms with E-state index >= 15 is 0 Å². The molecule has 2 heterocycles. The lowest BCUT2D eigenvalue weighted by Gasteiger charge is -2.14. The Kier molecular flexibility index (Phi) is 5.75. The van der Waals surface area contributed by atoms with Crippen molar-refractivity contribution in [3.63, 3.8) is 0 Å². The Balaban J connectivity index is 1.72. The quantitative estimate of drug-likeness (QED) is 0.250. The van der Waals surface area contributed by atoms with Crippen molar-refractivity contribution < 1.29 is 17.9 Å². The Hall–Kier alpha value is -3.43. The molecule has 5 aromatic rings. The van der Waals surface area contributed by atoms with Crippen molar-refractivity contribution in [3.8, 4) is 16.2 Å². The number of para-hydroxylation sites is 2. The number of hydrogen-bond acceptors (Lipinski definition) is 4. The van der Waals surface area contributed by atoms with Gasteiger partial charge in [-0.2, -0.15) is 13.2 Å². The van der Waals surface area contributed by atoms with E-state index in [9.17, 15) is 18.0 Å². The zero-order valence-electron chi connectivity index (χ0n) is 17.6. The van der Waals surface area contributed by atoms with Gasteiger partial charge in [0.05, 0.1) is 27.9 Å². The number of ether oxygens (including phenoxy) is 1. The molecular formula is C25H17F3N2O2S2. The first kappa shape index (κ1) is 22.4. The number of thiazole rings is 1. The van der Waals surface area contributed by atoms with Crippen molar-refractivity contribution in [1.29, 1.82) is 0 Å². The summed E-state index contributed by atoms with van der Waals surface area (Å²) in [4.78, 5) is 14.0. The van der Waals surface area contributed by atoms with Gasteiger partial charge in [-0.1, -0.05) is 42.5 Å². The Labute approximate surface area is 201 Å². The van der Waals surface area contributed by atoms with Crippen LogP contribution in [0, 0.1) is 3.95 Å². The first-order valence-electron chi connectivity index (χ1n) is 10.4. The van der Waals surface area contributed by atoms with Crippen molar-refractivity contribution in [3.05, 3.63) is 98.7 Å². The predicted molar refractivity (Wildman–Crippen MR) is 130 cm³/mol. The number of halogens is 3. The van der Waals surface area contributed by atoms with Crippen molar-refractivity contribution >= 4 is 40.1 Å². The minimum absolute atomic E-state index is 0.194. The molecule has 0 unspecified atom stereocenters. The molecule has 34 heavy (non-hydrogen) atoms. The van der Waals surface area contributed by atoms with Gasteiger partial charge in [0.2, 0.25) is 0 Å². The summed E-state index contributed by atoms with van der Waals surface area (Å²) in [5, 5.41) is 0.471. The van der Waals surface area contributed by atoms with Gasteiger partial charge in [-0.25, -0.2) is 0 Å². The molecule has 0 radical (unpaired) electrons. The van der Waals surface area contributed by atoms with Gasteiger partial charge in [0, 0.05) is 0 Å². The maximum Gasteiger partial charge on any atom is 0.416 e. The molecule has 9 heteroatoms. The van der Waals surface area contributed by atoms with Gasteiger partial charge in [0.15, 0.2) is 3.95 Å². The number of benzene rings is 3. The minimum atomic E-state index is -4.48. The topological polar surface area (TPSA) is 35.6 Å². The molecule has 0 saturated carbocycles. The van der Waals surface area contributed by atoms with Crippen LogP contribution in [0.25, 0.3) is 27.0 Å².